The number of nitro benzene ring substituents is 1. The number of amides is 1. The fourth-order valence-electron chi connectivity index (χ4n) is 3.69. The van der Waals surface area contributed by atoms with E-state index in [0.29, 0.717) is 21.4 Å². The summed E-state index contributed by atoms with van der Waals surface area (Å²) in [7, 11) is 0. The van der Waals surface area contributed by atoms with Crippen LogP contribution in [0, 0.1) is 16.0 Å². The Morgan fingerprint density at radius 2 is 2.08 bits per heavy atom. The molecule has 0 spiro atoms. The molecule has 7 nitrogen and oxygen atoms in total. The molecule has 1 aromatic carbocycles. The second-order valence-electron chi connectivity index (χ2n) is 6.52. The summed E-state index contributed by atoms with van der Waals surface area (Å²) in [6, 6.07) is 6.65. The van der Waals surface area contributed by atoms with Crippen molar-refractivity contribution in [1.29, 1.82) is 0 Å². The quantitative estimate of drug-likeness (QED) is 0.670. The van der Waals surface area contributed by atoms with Gasteiger partial charge in [-0.1, -0.05) is 12.1 Å². The van der Waals surface area contributed by atoms with Crippen LogP contribution < -0.4 is 5.32 Å². The zero-order valence-electron chi connectivity index (χ0n) is 13.6. The van der Waals surface area contributed by atoms with Crippen molar-refractivity contribution in [3.05, 3.63) is 45.5 Å². The summed E-state index contributed by atoms with van der Waals surface area (Å²) in [4.78, 5) is 30.4. The van der Waals surface area contributed by atoms with Gasteiger partial charge >= 0.3 is 0 Å². The number of hydrogen-bond donors (Lipinski definition) is 1. The molecule has 1 N–H and O–H groups in total. The fourth-order valence-corrected chi connectivity index (χ4v) is 4.54. The molecule has 1 amide bonds. The van der Waals surface area contributed by atoms with Crippen molar-refractivity contribution in [2.45, 2.75) is 18.9 Å². The molecule has 8 heteroatoms. The lowest BCUT2D eigenvalue weighted by Gasteiger charge is -2.44. The molecule has 4 heterocycles. The average molecular weight is 358 g/mol. The largest absolute Gasteiger partial charge is 0.347 e. The van der Waals surface area contributed by atoms with Gasteiger partial charge in [0.05, 0.1) is 16.7 Å². The van der Waals surface area contributed by atoms with E-state index in [-0.39, 0.29) is 17.6 Å². The highest BCUT2D eigenvalue weighted by Crippen LogP contribution is 2.33. The molecule has 2 bridgehead atoms. The first-order chi connectivity index (χ1) is 12.1. The number of nitrogens with one attached hydrogen (secondary N) is 1. The first-order valence-electron chi connectivity index (χ1n) is 8.34. The van der Waals surface area contributed by atoms with Crippen molar-refractivity contribution in [2.24, 2.45) is 5.92 Å². The van der Waals surface area contributed by atoms with Crippen LogP contribution in [0.1, 0.15) is 22.5 Å². The van der Waals surface area contributed by atoms with Gasteiger partial charge in [0.2, 0.25) is 0 Å². The number of nitrogens with zero attached hydrogens (tertiary/aromatic N) is 3. The van der Waals surface area contributed by atoms with Crippen LogP contribution in [0.15, 0.2) is 30.5 Å². The molecule has 5 rings (SSSR count). The summed E-state index contributed by atoms with van der Waals surface area (Å²) in [5, 5.41) is 14.8. The van der Waals surface area contributed by atoms with Crippen molar-refractivity contribution >= 4 is 22.9 Å². The van der Waals surface area contributed by atoms with E-state index in [4.69, 9.17) is 0 Å². The predicted octanol–water partition coefficient (Wildman–Crippen LogP) is 2.54. The Balaban J connectivity index is 1.51. The number of thiazole rings is 1. The van der Waals surface area contributed by atoms with E-state index < -0.39 is 4.92 Å². The summed E-state index contributed by atoms with van der Waals surface area (Å²) in [5.41, 5.74) is 0.445. The van der Waals surface area contributed by atoms with E-state index in [1.807, 2.05) is 0 Å². The van der Waals surface area contributed by atoms with Crippen LogP contribution in [-0.4, -0.2) is 46.4 Å². The van der Waals surface area contributed by atoms with Crippen LogP contribution >= 0.6 is 11.3 Å². The van der Waals surface area contributed by atoms with Gasteiger partial charge in [-0.15, -0.1) is 11.3 Å². The number of hydrogen-bond acceptors (Lipinski definition) is 6. The molecule has 1 atom stereocenters. The molecule has 1 aromatic heterocycles. The second kappa shape index (κ2) is 6.53. The molecule has 0 saturated carbocycles. The third-order valence-corrected chi connectivity index (χ3v) is 6.06. The maximum absolute atomic E-state index is 12.6. The van der Waals surface area contributed by atoms with Crippen LogP contribution in [0.2, 0.25) is 0 Å². The third-order valence-electron chi connectivity index (χ3n) is 5.03. The minimum Gasteiger partial charge on any atom is -0.347 e. The lowest BCUT2D eigenvalue weighted by Crippen LogP contribution is -2.57. The topological polar surface area (TPSA) is 88.4 Å². The van der Waals surface area contributed by atoms with E-state index >= 15 is 0 Å². The molecule has 0 aliphatic carbocycles. The maximum atomic E-state index is 12.6. The highest BCUT2D eigenvalue weighted by atomic mass is 32.1. The Morgan fingerprint density at radius 1 is 1.32 bits per heavy atom. The lowest BCUT2D eigenvalue weighted by molar-refractivity contribution is -0.384. The molecule has 3 saturated heterocycles. The number of carbonyl (C=O) groups excluding carboxylic acids is 1. The van der Waals surface area contributed by atoms with Crippen LogP contribution in [-0.2, 0) is 0 Å². The minimum atomic E-state index is -0.427. The normalized spacial score (nSPS) is 24.9. The van der Waals surface area contributed by atoms with Crippen molar-refractivity contribution in [3.8, 4) is 10.6 Å². The van der Waals surface area contributed by atoms with Crippen LogP contribution in [0.4, 0.5) is 5.69 Å². The van der Waals surface area contributed by atoms with Gasteiger partial charge in [-0.25, -0.2) is 4.98 Å². The Kier molecular flexibility index (Phi) is 4.22. The first-order valence-corrected chi connectivity index (χ1v) is 9.16. The molecule has 1 unspecified atom stereocenters. The molecule has 130 valence electrons. The highest BCUT2D eigenvalue weighted by molar-refractivity contribution is 7.17. The maximum Gasteiger partial charge on any atom is 0.279 e. The monoisotopic (exact) mass is 358 g/mol. The Morgan fingerprint density at radius 3 is 2.76 bits per heavy atom. The second-order valence-corrected chi connectivity index (χ2v) is 7.55. The van der Waals surface area contributed by atoms with Gasteiger partial charge in [0.1, 0.15) is 9.88 Å². The van der Waals surface area contributed by atoms with Gasteiger partial charge in [0.25, 0.3) is 11.6 Å². The Labute approximate surface area is 148 Å². The molecule has 0 radical (unpaired) electrons. The van der Waals surface area contributed by atoms with Gasteiger partial charge < -0.3 is 10.2 Å². The Hall–Kier alpha value is -2.32. The molecule has 2 aromatic rings. The van der Waals surface area contributed by atoms with Gasteiger partial charge in [-0.3, -0.25) is 14.9 Å². The zero-order valence-corrected chi connectivity index (χ0v) is 14.4. The SMILES string of the molecule is O=C(NC1CN2CCC1CC2)c1cnc(-c2ccccc2[N+](=O)[O-])s1. The number of rotatable bonds is 4. The van der Waals surface area contributed by atoms with Crippen LogP contribution in [0.5, 0.6) is 0 Å². The number of nitro groups is 1. The average Bonchev–Trinajstić information content (AvgIpc) is 3.13. The number of fused-ring (bicyclic) bond motifs is 3. The van der Waals surface area contributed by atoms with Gasteiger partial charge in [0, 0.05) is 18.7 Å². The smallest absolute Gasteiger partial charge is 0.279 e. The standard InChI is InChI=1S/C17H18N4O3S/c22-16(19-13-10-20-7-5-11(13)6-8-20)15-9-18-17(25-15)12-3-1-2-4-14(12)21(23)24/h1-4,9,11,13H,5-8,10H2,(H,19,22). The Bertz CT molecular complexity index is 814. The molecule has 3 aliphatic rings. The van der Waals surface area contributed by atoms with E-state index in [2.05, 4.69) is 15.2 Å². The van der Waals surface area contributed by atoms with Gasteiger partial charge in [-0.2, -0.15) is 0 Å². The van der Waals surface area contributed by atoms with Crippen LogP contribution in [0.25, 0.3) is 10.6 Å². The number of aromatic nitrogens is 1. The van der Waals surface area contributed by atoms with E-state index in [9.17, 15) is 14.9 Å². The van der Waals surface area contributed by atoms with Gasteiger partial charge in [-0.05, 0) is 37.9 Å². The summed E-state index contributed by atoms with van der Waals surface area (Å²) in [6.45, 7) is 3.16. The first kappa shape index (κ1) is 16.2. The van der Waals surface area contributed by atoms with Crippen molar-refractivity contribution in [1.82, 2.24) is 15.2 Å². The number of piperidine rings is 3. The minimum absolute atomic E-state index is 0.00111. The van der Waals surface area contributed by atoms with E-state index in [0.717, 1.165) is 32.5 Å². The fraction of sp³-hybridized carbons (Fsp3) is 0.412. The molecule has 3 aliphatic heterocycles. The van der Waals surface area contributed by atoms with E-state index in [1.165, 1.54) is 23.6 Å². The molecule has 25 heavy (non-hydrogen) atoms. The molecule has 3 fully saturated rings. The zero-order chi connectivity index (χ0) is 17.4. The third kappa shape index (κ3) is 3.14. The van der Waals surface area contributed by atoms with E-state index in [1.54, 1.807) is 18.2 Å². The molecular formula is C17H18N4O3S. The summed E-state index contributed by atoms with van der Waals surface area (Å²) in [6.07, 6.45) is 3.78. The van der Waals surface area contributed by atoms with Crippen molar-refractivity contribution in [2.75, 3.05) is 19.6 Å². The van der Waals surface area contributed by atoms with Crippen LogP contribution in [0.3, 0.4) is 0 Å². The number of para-hydroxylation sites is 1. The van der Waals surface area contributed by atoms with Crippen molar-refractivity contribution in [3.63, 3.8) is 0 Å². The number of carbonyl (C=O) groups is 1. The number of benzene rings is 1. The summed E-state index contributed by atoms with van der Waals surface area (Å²) >= 11 is 1.19. The van der Waals surface area contributed by atoms with Crippen molar-refractivity contribution < 1.29 is 9.72 Å². The summed E-state index contributed by atoms with van der Waals surface area (Å²) in [5.74, 6) is 0.414. The highest BCUT2D eigenvalue weighted by Gasteiger charge is 2.35. The summed E-state index contributed by atoms with van der Waals surface area (Å²) < 4.78 is 0. The lowest BCUT2D eigenvalue weighted by atomic mass is 9.84. The van der Waals surface area contributed by atoms with Gasteiger partial charge in [0.15, 0.2) is 0 Å². The predicted molar refractivity (Wildman–Crippen MR) is 94.6 cm³/mol. The molecular weight excluding hydrogens is 340 g/mol.